The third kappa shape index (κ3) is 3.14. The van der Waals surface area contributed by atoms with Gasteiger partial charge < -0.3 is 14.8 Å². The Kier molecular flexibility index (Phi) is 4.21. The zero-order valence-corrected chi connectivity index (χ0v) is 14.2. The molecule has 0 amide bonds. The summed E-state index contributed by atoms with van der Waals surface area (Å²) in [6.07, 6.45) is 9.70. The number of carbonyl (C=O) groups is 1. The number of methoxy groups -OCH3 is 1. The minimum Gasteiger partial charge on any atom is -0.493 e. The lowest BCUT2D eigenvalue weighted by molar-refractivity contribution is -0.115. The van der Waals surface area contributed by atoms with Crippen LogP contribution in [0.5, 0.6) is 11.5 Å². The molecule has 0 spiro atoms. The second kappa shape index (κ2) is 6.50. The largest absolute Gasteiger partial charge is 0.493 e. The Morgan fingerprint density at radius 3 is 2.75 bits per heavy atom. The van der Waals surface area contributed by atoms with E-state index in [0.29, 0.717) is 18.4 Å². The summed E-state index contributed by atoms with van der Waals surface area (Å²) in [5.41, 5.74) is 1.94. The van der Waals surface area contributed by atoms with Crippen molar-refractivity contribution in [1.82, 2.24) is 0 Å². The van der Waals surface area contributed by atoms with Gasteiger partial charge in [-0.1, -0.05) is 0 Å². The molecule has 4 rings (SSSR count). The van der Waals surface area contributed by atoms with Crippen molar-refractivity contribution in [2.75, 3.05) is 12.4 Å². The maximum absolute atomic E-state index is 11.6. The number of rotatable bonds is 5. The van der Waals surface area contributed by atoms with Gasteiger partial charge in [0.05, 0.1) is 7.11 Å². The summed E-state index contributed by atoms with van der Waals surface area (Å²) >= 11 is 0. The molecule has 3 aliphatic carbocycles. The highest BCUT2D eigenvalue weighted by atomic mass is 16.5. The van der Waals surface area contributed by atoms with Crippen molar-refractivity contribution in [3.63, 3.8) is 0 Å². The highest BCUT2D eigenvalue weighted by molar-refractivity contribution is 5.91. The predicted octanol–water partition coefficient (Wildman–Crippen LogP) is 4.31. The van der Waals surface area contributed by atoms with Gasteiger partial charge in [0.15, 0.2) is 17.3 Å². The van der Waals surface area contributed by atoms with Crippen molar-refractivity contribution < 1.29 is 14.3 Å². The summed E-state index contributed by atoms with van der Waals surface area (Å²) in [5, 5.41) is 3.37. The molecule has 128 valence electrons. The number of carbonyl (C=O) groups excluding carboxylic acids is 1. The van der Waals surface area contributed by atoms with E-state index in [1.807, 2.05) is 18.2 Å². The van der Waals surface area contributed by atoms with Gasteiger partial charge in [-0.3, -0.25) is 4.79 Å². The van der Waals surface area contributed by atoms with E-state index in [9.17, 15) is 4.79 Å². The number of anilines is 1. The number of benzene rings is 1. The van der Waals surface area contributed by atoms with E-state index >= 15 is 0 Å². The molecule has 3 aliphatic rings. The van der Waals surface area contributed by atoms with Crippen LogP contribution in [0.1, 0.15) is 44.9 Å². The third-order valence-electron chi connectivity index (χ3n) is 5.62. The van der Waals surface area contributed by atoms with E-state index in [1.165, 1.54) is 25.7 Å². The fourth-order valence-corrected chi connectivity index (χ4v) is 4.42. The number of allylic oxidation sites excluding steroid dienone is 2. The highest BCUT2D eigenvalue weighted by Crippen LogP contribution is 2.47. The molecule has 2 bridgehead atoms. The number of hydrogen-bond acceptors (Lipinski definition) is 4. The summed E-state index contributed by atoms with van der Waals surface area (Å²) in [4.78, 5) is 11.6. The zero-order chi connectivity index (χ0) is 16.5. The lowest BCUT2D eigenvalue weighted by atomic mass is 9.98. The Hall–Kier alpha value is -1.97. The van der Waals surface area contributed by atoms with Crippen LogP contribution in [0.15, 0.2) is 30.0 Å². The summed E-state index contributed by atoms with van der Waals surface area (Å²) in [7, 11) is 1.68. The van der Waals surface area contributed by atoms with Gasteiger partial charge in [-0.15, -0.1) is 0 Å². The van der Waals surface area contributed by atoms with Gasteiger partial charge in [0.2, 0.25) is 0 Å². The van der Waals surface area contributed by atoms with Crippen LogP contribution in [0.2, 0.25) is 0 Å². The topological polar surface area (TPSA) is 47.6 Å². The molecule has 1 N–H and O–H groups in total. The molecule has 0 aromatic heterocycles. The van der Waals surface area contributed by atoms with E-state index in [4.69, 9.17) is 9.47 Å². The van der Waals surface area contributed by atoms with E-state index in [1.54, 1.807) is 13.2 Å². The SMILES string of the molecule is COc1ccc(NC2=CC(=O)CCC2)cc1O[C@@H]1C[C@H]2CC[C@@H]1C2. The van der Waals surface area contributed by atoms with Gasteiger partial charge in [-0.05, 0) is 62.5 Å². The summed E-state index contributed by atoms with van der Waals surface area (Å²) in [5.74, 6) is 3.34. The molecule has 0 aliphatic heterocycles. The second-order valence-corrected chi connectivity index (χ2v) is 7.31. The first-order chi connectivity index (χ1) is 11.7. The third-order valence-corrected chi connectivity index (χ3v) is 5.62. The Balaban J connectivity index is 1.51. The minimum atomic E-state index is 0.204. The minimum absolute atomic E-state index is 0.204. The first-order valence-corrected chi connectivity index (χ1v) is 9.06. The van der Waals surface area contributed by atoms with Crippen LogP contribution in [0.3, 0.4) is 0 Å². The maximum atomic E-state index is 11.6. The number of fused-ring (bicyclic) bond motifs is 2. The van der Waals surface area contributed by atoms with Crippen LogP contribution in [-0.2, 0) is 4.79 Å². The van der Waals surface area contributed by atoms with Crippen LogP contribution in [0.4, 0.5) is 5.69 Å². The average Bonchev–Trinajstić information content (AvgIpc) is 3.18. The smallest absolute Gasteiger partial charge is 0.163 e. The van der Waals surface area contributed by atoms with Crippen molar-refractivity contribution in [1.29, 1.82) is 0 Å². The van der Waals surface area contributed by atoms with E-state index in [0.717, 1.165) is 41.6 Å². The number of ether oxygens (including phenoxy) is 2. The van der Waals surface area contributed by atoms with Gasteiger partial charge in [0.25, 0.3) is 0 Å². The molecule has 3 atom stereocenters. The predicted molar refractivity (Wildman–Crippen MR) is 93.4 cm³/mol. The van der Waals surface area contributed by atoms with E-state index in [2.05, 4.69) is 5.32 Å². The summed E-state index contributed by atoms with van der Waals surface area (Å²) in [6.45, 7) is 0. The average molecular weight is 327 g/mol. The molecule has 24 heavy (non-hydrogen) atoms. The normalized spacial score (nSPS) is 28.6. The Morgan fingerprint density at radius 2 is 2.04 bits per heavy atom. The Morgan fingerprint density at radius 1 is 1.12 bits per heavy atom. The van der Waals surface area contributed by atoms with Gasteiger partial charge in [0, 0.05) is 29.9 Å². The first kappa shape index (κ1) is 15.6. The molecule has 1 aromatic rings. The van der Waals surface area contributed by atoms with Crippen LogP contribution >= 0.6 is 0 Å². The van der Waals surface area contributed by atoms with Crippen molar-refractivity contribution in [2.45, 2.75) is 51.0 Å². The number of hydrogen-bond donors (Lipinski definition) is 1. The van der Waals surface area contributed by atoms with Crippen molar-refractivity contribution >= 4 is 11.5 Å². The Bertz CT molecular complexity index is 667. The molecule has 0 heterocycles. The second-order valence-electron chi connectivity index (χ2n) is 7.31. The molecule has 2 saturated carbocycles. The van der Waals surface area contributed by atoms with Crippen LogP contribution < -0.4 is 14.8 Å². The standard InChI is InChI=1S/C20H25NO3/c1-23-18-8-7-16(21-15-3-2-4-17(22)11-15)12-20(18)24-19-10-13-5-6-14(19)9-13/h7-8,11-14,19,21H,2-6,9-10H2,1H3/t13-,14+,19+/m0/s1. The van der Waals surface area contributed by atoms with Gasteiger partial charge in [-0.2, -0.15) is 0 Å². The van der Waals surface area contributed by atoms with Crippen molar-refractivity contribution in [3.05, 3.63) is 30.0 Å². The molecule has 1 aromatic carbocycles. The molecule has 0 unspecified atom stereocenters. The Labute approximate surface area is 143 Å². The van der Waals surface area contributed by atoms with Gasteiger partial charge in [-0.25, -0.2) is 0 Å². The summed E-state index contributed by atoms with van der Waals surface area (Å²) in [6, 6.07) is 5.92. The number of nitrogens with one attached hydrogen (secondary N) is 1. The van der Waals surface area contributed by atoms with Gasteiger partial charge >= 0.3 is 0 Å². The zero-order valence-electron chi connectivity index (χ0n) is 14.2. The maximum Gasteiger partial charge on any atom is 0.163 e. The van der Waals surface area contributed by atoms with Crippen LogP contribution in [0, 0.1) is 11.8 Å². The van der Waals surface area contributed by atoms with Crippen LogP contribution in [-0.4, -0.2) is 19.0 Å². The van der Waals surface area contributed by atoms with Gasteiger partial charge in [0.1, 0.15) is 6.10 Å². The van der Waals surface area contributed by atoms with Crippen LogP contribution in [0.25, 0.3) is 0 Å². The molecule has 2 fully saturated rings. The quantitative estimate of drug-likeness (QED) is 0.875. The van der Waals surface area contributed by atoms with Crippen molar-refractivity contribution in [2.24, 2.45) is 11.8 Å². The fraction of sp³-hybridized carbons (Fsp3) is 0.550. The van der Waals surface area contributed by atoms with Crippen molar-refractivity contribution in [3.8, 4) is 11.5 Å². The lowest BCUT2D eigenvalue weighted by Crippen LogP contribution is -2.23. The molecule has 0 saturated heterocycles. The monoisotopic (exact) mass is 327 g/mol. The number of ketones is 1. The molecule has 4 nitrogen and oxygen atoms in total. The first-order valence-electron chi connectivity index (χ1n) is 9.06. The molecular weight excluding hydrogens is 302 g/mol. The molecular formula is C20H25NO3. The summed E-state index contributed by atoms with van der Waals surface area (Å²) < 4.78 is 11.8. The molecule has 0 radical (unpaired) electrons. The lowest BCUT2D eigenvalue weighted by Gasteiger charge is -2.24. The fourth-order valence-electron chi connectivity index (χ4n) is 4.42. The highest BCUT2D eigenvalue weighted by Gasteiger charge is 2.41. The molecule has 4 heteroatoms. The van der Waals surface area contributed by atoms with E-state index in [-0.39, 0.29) is 5.78 Å². The van der Waals surface area contributed by atoms with E-state index < -0.39 is 0 Å².